The number of nitrogens with zero attached hydrogens (tertiary/aromatic N) is 1. The highest BCUT2D eigenvalue weighted by Gasteiger charge is 2.32. The Balaban J connectivity index is 2.27. The molecule has 1 N–H and O–H groups in total. The van der Waals surface area contributed by atoms with Crippen molar-refractivity contribution in [3.8, 4) is 0 Å². The van der Waals surface area contributed by atoms with Gasteiger partial charge in [0.1, 0.15) is 5.76 Å². The summed E-state index contributed by atoms with van der Waals surface area (Å²) < 4.78 is 5.65. The molecule has 1 aromatic heterocycles. The van der Waals surface area contributed by atoms with E-state index in [-0.39, 0.29) is 11.8 Å². The van der Waals surface area contributed by atoms with E-state index < -0.39 is 5.97 Å². The van der Waals surface area contributed by atoms with Gasteiger partial charge >= 0.3 is 5.97 Å². The third-order valence-electron chi connectivity index (χ3n) is 3.33. The van der Waals surface area contributed by atoms with Gasteiger partial charge in [0.05, 0.1) is 12.1 Å². The molecule has 0 radical (unpaired) electrons. The highest BCUT2D eigenvalue weighted by Crippen LogP contribution is 2.36. The summed E-state index contributed by atoms with van der Waals surface area (Å²) in [6.45, 7) is 3.89. The molecular formula is C13H17NO3. The van der Waals surface area contributed by atoms with E-state index in [2.05, 4.69) is 24.1 Å². The lowest BCUT2D eigenvalue weighted by Gasteiger charge is -2.26. The summed E-state index contributed by atoms with van der Waals surface area (Å²) in [5, 5.41) is 8.78. The van der Waals surface area contributed by atoms with Gasteiger partial charge in [-0.1, -0.05) is 19.1 Å². The zero-order valence-corrected chi connectivity index (χ0v) is 10.2. The number of hydrogen-bond acceptors (Lipinski definition) is 3. The van der Waals surface area contributed by atoms with Crippen LogP contribution in [0.15, 0.2) is 16.6 Å². The molecule has 4 nitrogen and oxygen atoms in total. The predicted octanol–water partition coefficient (Wildman–Crippen LogP) is 2.61. The van der Waals surface area contributed by atoms with Crippen LogP contribution in [-0.4, -0.2) is 16.1 Å². The molecule has 0 bridgehead atoms. The molecule has 0 saturated carbocycles. The van der Waals surface area contributed by atoms with Gasteiger partial charge in [-0.25, -0.2) is 4.98 Å². The molecule has 0 fully saturated rings. The number of allylic oxidation sites excluding steroid dienone is 2. The minimum Gasteiger partial charge on any atom is -0.481 e. The average Bonchev–Trinajstić information content (AvgIpc) is 2.61. The molecule has 0 spiro atoms. The molecule has 0 aromatic carbocycles. The van der Waals surface area contributed by atoms with Crippen molar-refractivity contribution in [3.63, 3.8) is 0 Å². The molecule has 0 saturated heterocycles. The molecule has 1 aliphatic carbocycles. The summed E-state index contributed by atoms with van der Waals surface area (Å²) in [6, 6.07) is 0. The molecule has 1 aromatic rings. The van der Waals surface area contributed by atoms with E-state index in [4.69, 9.17) is 9.52 Å². The highest BCUT2D eigenvalue weighted by molar-refractivity contribution is 5.69. The van der Waals surface area contributed by atoms with Crippen LogP contribution in [-0.2, 0) is 16.6 Å². The van der Waals surface area contributed by atoms with Crippen LogP contribution in [0.25, 0.3) is 0 Å². The van der Waals surface area contributed by atoms with Crippen molar-refractivity contribution in [1.29, 1.82) is 0 Å². The summed E-state index contributed by atoms with van der Waals surface area (Å²) in [4.78, 5) is 15.1. The lowest BCUT2D eigenvalue weighted by atomic mass is 9.79. The second kappa shape index (κ2) is 4.35. The maximum Gasteiger partial charge on any atom is 0.309 e. The van der Waals surface area contributed by atoms with Gasteiger partial charge in [0.15, 0.2) is 0 Å². The number of aliphatic carboxylic acids is 1. The van der Waals surface area contributed by atoms with Crippen LogP contribution in [0.1, 0.15) is 43.5 Å². The van der Waals surface area contributed by atoms with E-state index in [1.165, 1.54) is 0 Å². The van der Waals surface area contributed by atoms with Crippen molar-refractivity contribution < 1.29 is 14.3 Å². The number of carbonyl (C=O) groups is 1. The summed E-state index contributed by atoms with van der Waals surface area (Å²) >= 11 is 0. The van der Waals surface area contributed by atoms with Gasteiger partial charge < -0.3 is 9.52 Å². The number of hydrogen-bond donors (Lipinski definition) is 1. The van der Waals surface area contributed by atoms with Crippen LogP contribution in [0.4, 0.5) is 0 Å². The Morgan fingerprint density at radius 2 is 2.35 bits per heavy atom. The molecule has 1 unspecified atom stereocenters. The van der Waals surface area contributed by atoms with Gasteiger partial charge in [-0.3, -0.25) is 4.79 Å². The van der Waals surface area contributed by atoms with Crippen molar-refractivity contribution in [3.05, 3.63) is 29.5 Å². The molecular weight excluding hydrogens is 218 g/mol. The van der Waals surface area contributed by atoms with Crippen LogP contribution in [0.5, 0.6) is 0 Å². The van der Waals surface area contributed by atoms with Gasteiger partial charge in [0, 0.05) is 5.41 Å². The molecule has 1 atom stereocenters. The topological polar surface area (TPSA) is 63.3 Å². The van der Waals surface area contributed by atoms with E-state index in [1.807, 2.05) is 0 Å². The minimum absolute atomic E-state index is 0.0682. The zero-order chi connectivity index (χ0) is 12.5. The standard InChI is InChI=1S/C13H17NO3/c1-9-10(8-11(15)16)14-12(17-9)13(2)6-4-3-5-7-13/h3-4H,5-8H2,1-2H3,(H,15,16). The van der Waals surface area contributed by atoms with Gasteiger partial charge in [0.2, 0.25) is 5.89 Å². The average molecular weight is 235 g/mol. The van der Waals surface area contributed by atoms with Crippen LogP contribution in [0.2, 0.25) is 0 Å². The first-order chi connectivity index (χ1) is 8.01. The largest absolute Gasteiger partial charge is 0.481 e. The monoisotopic (exact) mass is 235 g/mol. The summed E-state index contributed by atoms with van der Waals surface area (Å²) in [6.07, 6.45) is 7.15. The van der Waals surface area contributed by atoms with Crippen LogP contribution in [0, 0.1) is 6.92 Å². The van der Waals surface area contributed by atoms with E-state index in [9.17, 15) is 4.79 Å². The number of aryl methyl sites for hydroxylation is 1. The van der Waals surface area contributed by atoms with Crippen LogP contribution >= 0.6 is 0 Å². The smallest absolute Gasteiger partial charge is 0.309 e. The van der Waals surface area contributed by atoms with Crippen molar-refractivity contribution in [1.82, 2.24) is 4.98 Å². The molecule has 1 aliphatic rings. The fraction of sp³-hybridized carbons (Fsp3) is 0.538. The second-order valence-corrected chi connectivity index (χ2v) is 4.87. The lowest BCUT2D eigenvalue weighted by Crippen LogP contribution is -2.23. The minimum atomic E-state index is -0.873. The number of carboxylic acid groups (broad SMARTS) is 1. The van der Waals surface area contributed by atoms with E-state index in [1.54, 1.807) is 6.92 Å². The first-order valence-corrected chi connectivity index (χ1v) is 5.85. The third kappa shape index (κ3) is 2.40. The van der Waals surface area contributed by atoms with Gasteiger partial charge in [-0.15, -0.1) is 0 Å². The predicted molar refractivity (Wildman–Crippen MR) is 62.9 cm³/mol. The molecule has 17 heavy (non-hydrogen) atoms. The molecule has 1 heterocycles. The molecule has 2 rings (SSSR count). The number of aromatic nitrogens is 1. The second-order valence-electron chi connectivity index (χ2n) is 4.87. The zero-order valence-electron chi connectivity index (χ0n) is 10.2. The fourth-order valence-corrected chi connectivity index (χ4v) is 2.15. The maximum atomic E-state index is 10.7. The maximum absolute atomic E-state index is 10.7. The van der Waals surface area contributed by atoms with Gasteiger partial charge in [0.25, 0.3) is 0 Å². The Morgan fingerprint density at radius 1 is 1.59 bits per heavy atom. The Labute approximate surface area is 100 Å². The molecule has 0 amide bonds. The molecule has 4 heteroatoms. The summed E-state index contributed by atoms with van der Waals surface area (Å²) in [7, 11) is 0. The third-order valence-corrected chi connectivity index (χ3v) is 3.33. The summed E-state index contributed by atoms with van der Waals surface area (Å²) in [5.41, 5.74) is 0.458. The van der Waals surface area contributed by atoms with E-state index >= 15 is 0 Å². The molecule has 0 aliphatic heterocycles. The fourth-order valence-electron chi connectivity index (χ4n) is 2.15. The van der Waals surface area contributed by atoms with Crippen molar-refractivity contribution in [2.24, 2.45) is 0 Å². The first-order valence-electron chi connectivity index (χ1n) is 5.85. The number of oxazole rings is 1. The molecule has 92 valence electrons. The Kier molecular flexibility index (Phi) is 3.05. The Morgan fingerprint density at radius 3 is 2.94 bits per heavy atom. The highest BCUT2D eigenvalue weighted by atomic mass is 16.4. The summed E-state index contributed by atoms with van der Waals surface area (Å²) in [5.74, 6) is 0.426. The van der Waals surface area contributed by atoms with Crippen molar-refractivity contribution in [2.45, 2.75) is 44.9 Å². The normalized spacial score (nSPS) is 23.9. The quantitative estimate of drug-likeness (QED) is 0.818. The Bertz CT molecular complexity index is 461. The SMILES string of the molecule is Cc1oc(C2(C)CC=CCC2)nc1CC(=O)O. The van der Waals surface area contributed by atoms with E-state index in [0.29, 0.717) is 17.3 Å². The lowest BCUT2D eigenvalue weighted by molar-refractivity contribution is -0.136. The first kappa shape index (κ1) is 11.9. The number of carboxylic acids is 1. The van der Waals surface area contributed by atoms with Crippen molar-refractivity contribution >= 4 is 5.97 Å². The van der Waals surface area contributed by atoms with E-state index in [0.717, 1.165) is 19.3 Å². The van der Waals surface area contributed by atoms with Crippen molar-refractivity contribution in [2.75, 3.05) is 0 Å². The van der Waals surface area contributed by atoms with Crippen LogP contribution in [0.3, 0.4) is 0 Å². The van der Waals surface area contributed by atoms with Crippen LogP contribution < -0.4 is 0 Å². The Hall–Kier alpha value is -1.58. The number of rotatable bonds is 3. The van der Waals surface area contributed by atoms with Gasteiger partial charge in [-0.05, 0) is 26.2 Å². The van der Waals surface area contributed by atoms with Gasteiger partial charge in [-0.2, -0.15) is 0 Å².